The van der Waals surface area contributed by atoms with Gasteiger partial charge in [-0.25, -0.2) is 4.39 Å². The molecule has 0 spiro atoms. The van der Waals surface area contributed by atoms with E-state index in [9.17, 15) is 8.94 Å². The molecule has 0 radical (unpaired) electrons. The van der Waals surface area contributed by atoms with Gasteiger partial charge in [0.05, 0.1) is 12.6 Å². The van der Waals surface area contributed by atoms with Crippen molar-refractivity contribution in [1.29, 1.82) is 0 Å². The molecule has 0 saturated heterocycles. The van der Waals surface area contributed by atoms with E-state index in [-0.39, 0.29) is 11.9 Å². The number of unbranched alkanes of at least 4 members (excludes halogenated alkanes) is 1. The van der Waals surface area contributed by atoms with Crippen molar-refractivity contribution in [2.24, 2.45) is 5.92 Å². The molecule has 1 aromatic carbocycles. The molecule has 21 heavy (non-hydrogen) atoms. The number of halogens is 1. The molecule has 1 aliphatic rings. The molecule has 118 valence electrons. The molecule has 0 aromatic heterocycles. The lowest BCUT2D eigenvalue weighted by Gasteiger charge is -2.18. The minimum Gasteiger partial charge on any atom is -0.598 e. The SMILES string of the molecule is CCCC[S+]([O-])N[C@@H](C)c1cc(OCC2CC2)ccc1F. The van der Waals surface area contributed by atoms with Gasteiger partial charge in [0.2, 0.25) is 0 Å². The van der Waals surface area contributed by atoms with Gasteiger partial charge in [-0.05, 0) is 50.3 Å². The fourth-order valence-corrected chi connectivity index (χ4v) is 3.23. The third-order valence-corrected chi connectivity index (χ3v) is 4.88. The number of ether oxygens (including phenoxy) is 1. The van der Waals surface area contributed by atoms with Gasteiger partial charge in [0.1, 0.15) is 17.3 Å². The predicted molar refractivity (Wildman–Crippen MR) is 84.1 cm³/mol. The number of hydrogen-bond donors (Lipinski definition) is 1. The van der Waals surface area contributed by atoms with Crippen LogP contribution < -0.4 is 9.46 Å². The molecule has 3 nitrogen and oxygen atoms in total. The van der Waals surface area contributed by atoms with Crippen LogP contribution in [0.2, 0.25) is 0 Å². The maximum atomic E-state index is 13.9. The van der Waals surface area contributed by atoms with E-state index in [0.717, 1.165) is 12.8 Å². The van der Waals surface area contributed by atoms with Crippen molar-refractivity contribution in [3.05, 3.63) is 29.6 Å². The first kappa shape index (κ1) is 16.6. The smallest absolute Gasteiger partial charge is 0.128 e. The molecule has 0 aliphatic heterocycles. The largest absolute Gasteiger partial charge is 0.598 e. The Morgan fingerprint density at radius 2 is 2.24 bits per heavy atom. The summed E-state index contributed by atoms with van der Waals surface area (Å²) in [6.45, 7) is 4.59. The van der Waals surface area contributed by atoms with Crippen molar-refractivity contribution in [3.8, 4) is 5.75 Å². The van der Waals surface area contributed by atoms with Gasteiger partial charge in [0, 0.05) is 16.9 Å². The van der Waals surface area contributed by atoms with Crippen LogP contribution in [0.3, 0.4) is 0 Å². The lowest BCUT2D eigenvalue weighted by atomic mass is 10.1. The maximum Gasteiger partial charge on any atom is 0.128 e. The number of rotatable bonds is 9. The molecule has 2 atom stereocenters. The molecule has 1 unspecified atom stereocenters. The molecule has 1 fully saturated rings. The summed E-state index contributed by atoms with van der Waals surface area (Å²) >= 11 is -1.12. The van der Waals surface area contributed by atoms with Crippen LogP contribution in [0.1, 0.15) is 51.1 Å². The molecule has 5 heteroatoms. The van der Waals surface area contributed by atoms with Crippen molar-refractivity contribution >= 4 is 11.4 Å². The van der Waals surface area contributed by atoms with Crippen LogP contribution in [-0.2, 0) is 11.4 Å². The van der Waals surface area contributed by atoms with Crippen LogP contribution in [0.25, 0.3) is 0 Å². The summed E-state index contributed by atoms with van der Waals surface area (Å²) in [5.41, 5.74) is 0.508. The first-order chi connectivity index (χ1) is 10.1. The van der Waals surface area contributed by atoms with E-state index >= 15 is 0 Å². The Labute approximate surface area is 129 Å². The Kier molecular flexibility index (Phi) is 6.33. The van der Waals surface area contributed by atoms with Crippen molar-refractivity contribution in [3.63, 3.8) is 0 Å². The Morgan fingerprint density at radius 1 is 1.48 bits per heavy atom. The second-order valence-corrected chi connectivity index (χ2v) is 7.02. The quantitative estimate of drug-likeness (QED) is 0.707. The first-order valence-electron chi connectivity index (χ1n) is 7.67. The average molecular weight is 313 g/mol. The Morgan fingerprint density at radius 3 is 2.90 bits per heavy atom. The van der Waals surface area contributed by atoms with Gasteiger partial charge in [0.25, 0.3) is 0 Å². The molecule has 2 rings (SSSR count). The van der Waals surface area contributed by atoms with Gasteiger partial charge < -0.3 is 9.29 Å². The van der Waals surface area contributed by atoms with Crippen molar-refractivity contribution in [2.75, 3.05) is 12.4 Å². The van der Waals surface area contributed by atoms with Crippen LogP contribution in [0.4, 0.5) is 4.39 Å². The zero-order valence-corrected chi connectivity index (χ0v) is 13.5. The molecular formula is C16H24FNO2S. The third kappa shape index (κ3) is 5.49. The van der Waals surface area contributed by atoms with Gasteiger partial charge in [0.15, 0.2) is 0 Å². The Balaban J connectivity index is 1.93. The Bertz CT molecular complexity index is 454. The molecular weight excluding hydrogens is 289 g/mol. The zero-order valence-electron chi connectivity index (χ0n) is 12.7. The first-order valence-corrected chi connectivity index (χ1v) is 8.98. The fourth-order valence-electron chi connectivity index (χ4n) is 2.04. The third-order valence-electron chi connectivity index (χ3n) is 3.61. The van der Waals surface area contributed by atoms with Gasteiger partial charge in [-0.3, -0.25) is 0 Å². The van der Waals surface area contributed by atoms with E-state index in [2.05, 4.69) is 11.6 Å². The molecule has 1 saturated carbocycles. The summed E-state index contributed by atoms with van der Waals surface area (Å²) in [5.74, 6) is 1.66. The van der Waals surface area contributed by atoms with E-state index in [4.69, 9.17) is 4.74 Å². The highest BCUT2D eigenvalue weighted by Gasteiger charge is 2.22. The van der Waals surface area contributed by atoms with Crippen LogP contribution >= 0.6 is 0 Å². The summed E-state index contributed by atoms with van der Waals surface area (Å²) in [6, 6.07) is 4.49. The Hall–Kier alpha value is -0.780. The van der Waals surface area contributed by atoms with Crippen molar-refractivity contribution in [2.45, 2.75) is 45.6 Å². The molecule has 0 bridgehead atoms. The molecule has 0 heterocycles. The topological polar surface area (TPSA) is 44.3 Å². The molecule has 1 aliphatic carbocycles. The van der Waals surface area contributed by atoms with E-state index in [0.29, 0.717) is 29.6 Å². The maximum absolute atomic E-state index is 13.9. The fraction of sp³-hybridized carbons (Fsp3) is 0.625. The second kappa shape index (κ2) is 8.01. The lowest BCUT2D eigenvalue weighted by molar-refractivity contribution is 0.298. The summed E-state index contributed by atoms with van der Waals surface area (Å²) in [4.78, 5) is 0. The van der Waals surface area contributed by atoms with E-state index < -0.39 is 11.4 Å². The monoisotopic (exact) mass is 313 g/mol. The van der Waals surface area contributed by atoms with Gasteiger partial charge in [-0.2, -0.15) is 0 Å². The number of benzene rings is 1. The number of nitrogens with one attached hydrogen (secondary N) is 1. The van der Waals surface area contributed by atoms with E-state index in [1.807, 2.05) is 6.92 Å². The minimum absolute atomic E-state index is 0.290. The lowest BCUT2D eigenvalue weighted by Crippen LogP contribution is -2.29. The minimum atomic E-state index is -1.12. The van der Waals surface area contributed by atoms with Crippen molar-refractivity contribution < 1.29 is 13.7 Å². The summed E-state index contributed by atoms with van der Waals surface area (Å²) in [6.07, 6.45) is 4.35. The highest BCUT2D eigenvalue weighted by molar-refractivity contribution is 7.89. The summed E-state index contributed by atoms with van der Waals surface area (Å²) in [5, 5.41) is 0. The second-order valence-electron chi connectivity index (χ2n) is 5.68. The highest BCUT2D eigenvalue weighted by Crippen LogP contribution is 2.30. The van der Waals surface area contributed by atoms with E-state index in [1.165, 1.54) is 18.9 Å². The van der Waals surface area contributed by atoms with E-state index in [1.54, 1.807) is 12.1 Å². The standard InChI is InChI=1S/C16H24FNO2S/c1-3-4-9-21(19)18-12(2)15-10-14(7-8-16(15)17)20-11-13-5-6-13/h7-8,10,12-13,18H,3-6,9,11H2,1-2H3/t12-,21?/m0/s1. The van der Waals surface area contributed by atoms with Crippen molar-refractivity contribution in [1.82, 2.24) is 4.72 Å². The van der Waals surface area contributed by atoms with Crippen LogP contribution in [-0.4, -0.2) is 16.9 Å². The zero-order chi connectivity index (χ0) is 15.2. The van der Waals surface area contributed by atoms with Crippen LogP contribution in [0.5, 0.6) is 5.75 Å². The van der Waals surface area contributed by atoms with Crippen LogP contribution in [0.15, 0.2) is 18.2 Å². The normalized spacial score (nSPS) is 17.5. The predicted octanol–water partition coefficient (Wildman–Crippen LogP) is 3.73. The van der Waals surface area contributed by atoms with Gasteiger partial charge in [-0.1, -0.05) is 13.3 Å². The number of hydrogen-bond acceptors (Lipinski definition) is 3. The molecule has 0 amide bonds. The van der Waals surface area contributed by atoms with Gasteiger partial charge >= 0.3 is 0 Å². The molecule has 1 N–H and O–H groups in total. The van der Waals surface area contributed by atoms with Crippen LogP contribution in [0, 0.1) is 11.7 Å². The summed E-state index contributed by atoms with van der Waals surface area (Å²) in [7, 11) is 0. The molecule has 1 aromatic rings. The average Bonchev–Trinajstić information content (AvgIpc) is 3.28. The highest BCUT2D eigenvalue weighted by atomic mass is 32.2. The summed E-state index contributed by atoms with van der Waals surface area (Å²) < 4.78 is 34.4. The van der Waals surface area contributed by atoms with Gasteiger partial charge in [-0.15, -0.1) is 4.72 Å².